The van der Waals surface area contributed by atoms with Gasteiger partial charge in [0.15, 0.2) is 0 Å². The van der Waals surface area contributed by atoms with Gasteiger partial charge in [0.2, 0.25) is 0 Å². The van der Waals surface area contributed by atoms with Crippen molar-refractivity contribution < 1.29 is 23.1 Å². The van der Waals surface area contributed by atoms with Crippen LogP contribution in [0.3, 0.4) is 0 Å². The molecule has 138 valence electrons. The SMILES string of the molecule is O=C(O)C1CCN(C(c2cccc(C(F)(F)F)c2)c2ccccn2)CC1. The lowest BCUT2D eigenvalue weighted by Gasteiger charge is -2.36. The molecule has 2 heterocycles. The van der Waals surface area contributed by atoms with E-state index in [4.69, 9.17) is 5.11 Å². The maximum atomic E-state index is 13.1. The van der Waals surface area contributed by atoms with Gasteiger partial charge in [-0.15, -0.1) is 0 Å². The zero-order valence-electron chi connectivity index (χ0n) is 14.0. The molecular formula is C19H19F3N2O2. The zero-order valence-corrected chi connectivity index (χ0v) is 14.0. The molecule has 7 heteroatoms. The Morgan fingerprint density at radius 2 is 1.88 bits per heavy atom. The summed E-state index contributed by atoms with van der Waals surface area (Å²) < 4.78 is 39.4. The molecular weight excluding hydrogens is 345 g/mol. The Labute approximate surface area is 149 Å². The maximum absolute atomic E-state index is 13.1. The molecule has 0 spiro atoms. The van der Waals surface area contributed by atoms with Gasteiger partial charge in [-0.1, -0.05) is 18.2 Å². The van der Waals surface area contributed by atoms with Crippen molar-refractivity contribution in [3.63, 3.8) is 0 Å². The standard InChI is InChI=1S/C19H19F3N2O2/c20-19(21,22)15-5-3-4-14(12-15)17(16-6-1-2-9-23-16)24-10-7-13(8-11-24)18(25)26/h1-6,9,12-13,17H,7-8,10-11H2,(H,25,26). The molecule has 0 saturated carbocycles. The first kappa shape index (κ1) is 18.4. The van der Waals surface area contributed by atoms with Crippen LogP contribution in [-0.2, 0) is 11.0 Å². The summed E-state index contributed by atoms with van der Waals surface area (Å²) in [7, 11) is 0. The Kier molecular flexibility index (Phi) is 5.27. The molecule has 0 aliphatic carbocycles. The van der Waals surface area contributed by atoms with Gasteiger partial charge in [0.25, 0.3) is 0 Å². The first-order valence-corrected chi connectivity index (χ1v) is 8.41. The van der Waals surface area contributed by atoms with Gasteiger partial charge in [0, 0.05) is 6.20 Å². The van der Waals surface area contributed by atoms with E-state index >= 15 is 0 Å². The molecule has 1 aliphatic heterocycles. The monoisotopic (exact) mass is 364 g/mol. The summed E-state index contributed by atoms with van der Waals surface area (Å²) in [6.45, 7) is 0.989. The third kappa shape index (κ3) is 4.04. The summed E-state index contributed by atoms with van der Waals surface area (Å²) in [6.07, 6.45) is -1.86. The molecule has 26 heavy (non-hydrogen) atoms. The minimum Gasteiger partial charge on any atom is -0.481 e. The second-order valence-corrected chi connectivity index (χ2v) is 6.43. The fourth-order valence-corrected chi connectivity index (χ4v) is 3.40. The highest BCUT2D eigenvalue weighted by atomic mass is 19.4. The second kappa shape index (κ2) is 7.45. The molecule has 0 amide bonds. The fourth-order valence-electron chi connectivity index (χ4n) is 3.40. The van der Waals surface area contributed by atoms with Gasteiger partial charge in [0.05, 0.1) is 23.2 Å². The minimum absolute atomic E-state index is 0.405. The van der Waals surface area contributed by atoms with Crippen molar-refractivity contribution >= 4 is 5.97 Å². The molecule has 1 aromatic carbocycles. The molecule has 0 radical (unpaired) electrons. The van der Waals surface area contributed by atoms with Gasteiger partial charge in [-0.25, -0.2) is 0 Å². The first-order valence-electron chi connectivity index (χ1n) is 8.41. The minimum atomic E-state index is -4.42. The Hall–Kier alpha value is -2.41. The highest BCUT2D eigenvalue weighted by molar-refractivity contribution is 5.70. The van der Waals surface area contributed by atoms with Gasteiger partial charge in [0.1, 0.15) is 0 Å². The lowest BCUT2D eigenvalue weighted by molar-refractivity contribution is -0.143. The topological polar surface area (TPSA) is 53.4 Å². The molecule has 1 unspecified atom stereocenters. The van der Waals surface area contributed by atoms with Gasteiger partial charge in [-0.05, 0) is 55.8 Å². The highest BCUT2D eigenvalue weighted by Gasteiger charge is 2.34. The maximum Gasteiger partial charge on any atom is 0.416 e. The smallest absolute Gasteiger partial charge is 0.416 e. The van der Waals surface area contributed by atoms with E-state index in [1.807, 2.05) is 4.90 Å². The number of piperidine rings is 1. The quantitative estimate of drug-likeness (QED) is 0.891. The lowest BCUT2D eigenvalue weighted by Crippen LogP contribution is -2.39. The normalized spacial score (nSPS) is 17.8. The van der Waals surface area contributed by atoms with Gasteiger partial charge >= 0.3 is 12.1 Å². The third-order valence-corrected chi connectivity index (χ3v) is 4.74. The molecule has 4 nitrogen and oxygen atoms in total. The number of aromatic nitrogens is 1. The summed E-state index contributed by atoms with van der Waals surface area (Å²) in [5, 5.41) is 9.17. The van der Waals surface area contributed by atoms with Crippen molar-refractivity contribution in [2.75, 3.05) is 13.1 Å². The molecule has 1 N–H and O–H groups in total. The Morgan fingerprint density at radius 1 is 1.15 bits per heavy atom. The molecule has 1 aromatic heterocycles. The summed E-state index contributed by atoms with van der Waals surface area (Å²) in [6, 6.07) is 10.2. The van der Waals surface area contributed by atoms with Crippen molar-refractivity contribution in [2.24, 2.45) is 5.92 Å². The molecule has 1 atom stereocenters. The number of carboxylic acid groups (broad SMARTS) is 1. The van der Waals surface area contributed by atoms with E-state index in [0.29, 0.717) is 37.2 Å². The largest absolute Gasteiger partial charge is 0.481 e. The predicted octanol–water partition coefficient (Wildman–Crippen LogP) is 3.99. The van der Waals surface area contributed by atoms with Crippen LogP contribution in [0.25, 0.3) is 0 Å². The number of nitrogens with zero attached hydrogens (tertiary/aromatic N) is 2. The van der Waals surface area contributed by atoms with Crippen LogP contribution in [0.2, 0.25) is 0 Å². The van der Waals surface area contributed by atoms with Crippen molar-refractivity contribution in [2.45, 2.75) is 25.1 Å². The highest BCUT2D eigenvalue weighted by Crippen LogP contribution is 2.35. The summed E-state index contributed by atoms with van der Waals surface area (Å²) >= 11 is 0. The van der Waals surface area contributed by atoms with Crippen molar-refractivity contribution in [3.8, 4) is 0 Å². The Balaban J connectivity index is 1.94. The molecule has 0 bridgehead atoms. The van der Waals surface area contributed by atoms with Crippen LogP contribution in [0.15, 0.2) is 48.7 Å². The number of carbonyl (C=O) groups is 1. The van der Waals surface area contributed by atoms with Crippen LogP contribution >= 0.6 is 0 Å². The lowest BCUT2D eigenvalue weighted by atomic mass is 9.92. The van der Waals surface area contributed by atoms with E-state index in [9.17, 15) is 18.0 Å². The van der Waals surface area contributed by atoms with Crippen LogP contribution in [0, 0.1) is 5.92 Å². The van der Waals surface area contributed by atoms with E-state index in [-0.39, 0.29) is 0 Å². The third-order valence-electron chi connectivity index (χ3n) is 4.74. The fraction of sp³-hybridized carbons (Fsp3) is 0.368. The van der Waals surface area contributed by atoms with Crippen LogP contribution < -0.4 is 0 Å². The van der Waals surface area contributed by atoms with Crippen molar-refractivity contribution in [3.05, 3.63) is 65.5 Å². The first-order chi connectivity index (χ1) is 12.4. The van der Waals surface area contributed by atoms with Crippen molar-refractivity contribution in [1.29, 1.82) is 0 Å². The van der Waals surface area contributed by atoms with Gasteiger partial charge in [-0.3, -0.25) is 14.7 Å². The number of carboxylic acids is 1. The molecule has 2 aromatic rings. The number of pyridine rings is 1. The summed E-state index contributed by atoms with van der Waals surface area (Å²) in [5.74, 6) is -1.23. The number of halogens is 3. The van der Waals surface area contributed by atoms with Gasteiger partial charge in [-0.2, -0.15) is 13.2 Å². The zero-order chi connectivity index (χ0) is 18.7. The van der Waals surface area contributed by atoms with Crippen LogP contribution in [0.5, 0.6) is 0 Å². The van der Waals surface area contributed by atoms with E-state index in [1.165, 1.54) is 6.07 Å². The molecule has 1 fully saturated rings. The predicted molar refractivity (Wildman–Crippen MR) is 89.5 cm³/mol. The van der Waals surface area contributed by atoms with E-state index < -0.39 is 29.7 Å². The van der Waals surface area contributed by atoms with E-state index in [0.717, 1.165) is 12.1 Å². The van der Waals surface area contributed by atoms with Crippen LogP contribution in [0.1, 0.15) is 35.7 Å². The summed E-state index contributed by atoms with van der Waals surface area (Å²) in [4.78, 5) is 17.5. The van der Waals surface area contributed by atoms with E-state index in [2.05, 4.69) is 4.98 Å². The van der Waals surface area contributed by atoms with Gasteiger partial charge < -0.3 is 5.11 Å². The second-order valence-electron chi connectivity index (χ2n) is 6.43. The molecule has 1 saturated heterocycles. The Morgan fingerprint density at radius 3 is 2.46 bits per heavy atom. The average Bonchev–Trinajstić information content (AvgIpc) is 2.63. The number of rotatable bonds is 4. The van der Waals surface area contributed by atoms with Crippen LogP contribution in [0.4, 0.5) is 13.2 Å². The molecule has 3 rings (SSSR count). The number of likely N-dealkylation sites (tertiary alicyclic amines) is 1. The molecule has 1 aliphatic rings. The number of hydrogen-bond acceptors (Lipinski definition) is 3. The van der Waals surface area contributed by atoms with E-state index in [1.54, 1.807) is 30.5 Å². The summed E-state index contributed by atoms with van der Waals surface area (Å²) in [5.41, 5.74) is 0.462. The number of benzene rings is 1. The number of hydrogen-bond donors (Lipinski definition) is 1. The average molecular weight is 364 g/mol. The van der Waals surface area contributed by atoms with Crippen molar-refractivity contribution in [1.82, 2.24) is 9.88 Å². The number of aliphatic carboxylic acids is 1. The van der Waals surface area contributed by atoms with Crippen LogP contribution in [-0.4, -0.2) is 34.0 Å². The Bertz CT molecular complexity index is 757. The number of alkyl halides is 3.